The lowest BCUT2D eigenvalue weighted by molar-refractivity contribution is 0.485. The van der Waals surface area contributed by atoms with E-state index < -0.39 is 11.6 Å². The van der Waals surface area contributed by atoms with Crippen molar-refractivity contribution in [2.45, 2.75) is 32.7 Å². The molecule has 1 N–H and O–H groups in total. The van der Waals surface area contributed by atoms with Crippen LogP contribution in [0.5, 0.6) is 0 Å². The summed E-state index contributed by atoms with van der Waals surface area (Å²) in [6.45, 7) is 4.90. The molecule has 0 bridgehead atoms. The van der Waals surface area contributed by atoms with E-state index in [9.17, 15) is 8.78 Å². The molecular weight excluding hydrogens is 196 g/mol. The van der Waals surface area contributed by atoms with E-state index in [1.54, 1.807) is 6.07 Å². The van der Waals surface area contributed by atoms with E-state index in [4.69, 9.17) is 0 Å². The quantitative estimate of drug-likeness (QED) is 0.790. The monoisotopic (exact) mass is 213 g/mol. The highest BCUT2D eigenvalue weighted by atomic mass is 19.2. The Morgan fingerprint density at radius 2 is 1.93 bits per heavy atom. The largest absolute Gasteiger partial charge is 0.310 e. The lowest BCUT2D eigenvalue weighted by Gasteiger charge is -2.17. The molecule has 0 amide bonds. The van der Waals surface area contributed by atoms with E-state index in [-0.39, 0.29) is 6.04 Å². The molecule has 1 aromatic rings. The van der Waals surface area contributed by atoms with Gasteiger partial charge in [-0.15, -0.1) is 0 Å². The van der Waals surface area contributed by atoms with Gasteiger partial charge in [-0.1, -0.05) is 26.3 Å². The first-order chi connectivity index (χ1) is 7.19. The van der Waals surface area contributed by atoms with E-state index in [1.807, 2.05) is 6.92 Å². The summed E-state index contributed by atoms with van der Waals surface area (Å²) in [6.07, 6.45) is 1.94. The van der Waals surface area contributed by atoms with E-state index in [1.165, 1.54) is 12.1 Å². The van der Waals surface area contributed by atoms with Gasteiger partial charge in [-0.3, -0.25) is 0 Å². The van der Waals surface area contributed by atoms with Gasteiger partial charge in [-0.05, 0) is 30.7 Å². The molecule has 1 unspecified atom stereocenters. The van der Waals surface area contributed by atoms with E-state index in [0.717, 1.165) is 24.9 Å². The number of nitrogens with one attached hydrogen (secondary N) is 1. The van der Waals surface area contributed by atoms with Crippen LogP contribution in [0.25, 0.3) is 0 Å². The van der Waals surface area contributed by atoms with Crippen LogP contribution in [-0.4, -0.2) is 6.54 Å². The number of hydrogen-bond donors (Lipinski definition) is 1. The zero-order valence-corrected chi connectivity index (χ0v) is 9.19. The molecule has 0 heterocycles. The lowest BCUT2D eigenvalue weighted by atomic mass is 10.0. The first-order valence-electron chi connectivity index (χ1n) is 5.37. The highest BCUT2D eigenvalue weighted by Crippen LogP contribution is 2.20. The van der Waals surface area contributed by atoms with Gasteiger partial charge in [-0.2, -0.15) is 0 Å². The van der Waals surface area contributed by atoms with E-state index in [0.29, 0.717) is 0 Å². The first-order valence-corrected chi connectivity index (χ1v) is 5.37. The van der Waals surface area contributed by atoms with Crippen molar-refractivity contribution in [3.63, 3.8) is 0 Å². The van der Waals surface area contributed by atoms with Crippen LogP contribution in [0, 0.1) is 11.6 Å². The predicted octanol–water partition coefficient (Wildman–Crippen LogP) is 3.42. The molecule has 3 heteroatoms. The summed E-state index contributed by atoms with van der Waals surface area (Å²) in [7, 11) is 0. The Bertz CT molecular complexity index is 306. The topological polar surface area (TPSA) is 12.0 Å². The number of halogens is 2. The maximum Gasteiger partial charge on any atom is 0.159 e. The summed E-state index contributed by atoms with van der Waals surface area (Å²) in [5.74, 6) is -1.56. The van der Waals surface area contributed by atoms with Crippen molar-refractivity contribution in [3.8, 4) is 0 Å². The SMILES string of the molecule is CCCC(NCC)c1ccc(F)c(F)c1. The standard InChI is InChI=1S/C12H17F2N/c1-3-5-12(15-4-2)9-6-7-10(13)11(14)8-9/h6-8,12,15H,3-5H2,1-2H3. The van der Waals surface area contributed by atoms with Crippen LogP contribution in [0.2, 0.25) is 0 Å². The third-order valence-corrected chi connectivity index (χ3v) is 2.37. The van der Waals surface area contributed by atoms with Gasteiger partial charge >= 0.3 is 0 Å². The minimum absolute atomic E-state index is 0.120. The van der Waals surface area contributed by atoms with Gasteiger partial charge in [0.1, 0.15) is 0 Å². The number of benzene rings is 1. The average Bonchev–Trinajstić information content (AvgIpc) is 2.22. The molecule has 0 fully saturated rings. The fourth-order valence-corrected chi connectivity index (χ4v) is 1.65. The Morgan fingerprint density at radius 3 is 2.47 bits per heavy atom. The average molecular weight is 213 g/mol. The van der Waals surface area contributed by atoms with Crippen LogP contribution < -0.4 is 5.32 Å². The second-order valence-electron chi connectivity index (χ2n) is 3.57. The molecule has 1 aromatic carbocycles. The van der Waals surface area contributed by atoms with Gasteiger partial charge in [0.2, 0.25) is 0 Å². The molecule has 15 heavy (non-hydrogen) atoms. The van der Waals surface area contributed by atoms with Crippen molar-refractivity contribution in [2.75, 3.05) is 6.54 Å². The third-order valence-electron chi connectivity index (χ3n) is 2.37. The van der Waals surface area contributed by atoms with Gasteiger partial charge in [0.25, 0.3) is 0 Å². The van der Waals surface area contributed by atoms with Crippen molar-refractivity contribution in [1.82, 2.24) is 5.32 Å². The van der Waals surface area contributed by atoms with Crippen LogP contribution in [0.15, 0.2) is 18.2 Å². The predicted molar refractivity (Wildman–Crippen MR) is 57.7 cm³/mol. The molecule has 84 valence electrons. The number of rotatable bonds is 5. The normalized spacial score (nSPS) is 12.8. The summed E-state index contributed by atoms with van der Waals surface area (Å²) in [5, 5.41) is 3.26. The molecule has 1 atom stereocenters. The Hall–Kier alpha value is -0.960. The minimum Gasteiger partial charge on any atom is -0.310 e. The minimum atomic E-state index is -0.787. The van der Waals surface area contributed by atoms with Gasteiger partial charge in [-0.25, -0.2) is 8.78 Å². The number of hydrogen-bond acceptors (Lipinski definition) is 1. The van der Waals surface area contributed by atoms with Crippen LogP contribution in [0.4, 0.5) is 8.78 Å². The van der Waals surface area contributed by atoms with E-state index >= 15 is 0 Å². The molecule has 0 saturated heterocycles. The molecule has 0 aliphatic carbocycles. The Kier molecular flexibility index (Phi) is 4.69. The molecule has 0 aliphatic heterocycles. The highest BCUT2D eigenvalue weighted by molar-refractivity contribution is 5.21. The van der Waals surface area contributed by atoms with Crippen molar-refractivity contribution >= 4 is 0 Å². The molecule has 0 saturated carbocycles. The fourth-order valence-electron chi connectivity index (χ4n) is 1.65. The summed E-state index contributed by atoms with van der Waals surface area (Å²) < 4.78 is 25.8. The van der Waals surface area contributed by atoms with Crippen LogP contribution in [0.3, 0.4) is 0 Å². The van der Waals surface area contributed by atoms with Crippen LogP contribution in [-0.2, 0) is 0 Å². The Labute approximate surface area is 89.5 Å². The van der Waals surface area contributed by atoms with Gasteiger partial charge < -0.3 is 5.32 Å². The fraction of sp³-hybridized carbons (Fsp3) is 0.500. The molecule has 0 spiro atoms. The van der Waals surface area contributed by atoms with Gasteiger partial charge in [0.15, 0.2) is 11.6 Å². The van der Waals surface area contributed by atoms with Crippen molar-refractivity contribution in [2.24, 2.45) is 0 Å². The Morgan fingerprint density at radius 1 is 1.20 bits per heavy atom. The summed E-state index contributed by atoms with van der Waals surface area (Å²) >= 11 is 0. The van der Waals surface area contributed by atoms with Crippen molar-refractivity contribution < 1.29 is 8.78 Å². The molecule has 1 rings (SSSR count). The molecule has 0 aliphatic rings. The third kappa shape index (κ3) is 3.27. The summed E-state index contributed by atoms with van der Waals surface area (Å²) in [6, 6.07) is 4.22. The van der Waals surface area contributed by atoms with Crippen LogP contribution in [0.1, 0.15) is 38.3 Å². The summed E-state index contributed by atoms with van der Waals surface area (Å²) in [4.78, 5) is 0. The molecule has 0 radical (unpaired) electrons. The summed E-state index contributed by atoms with van der Waals surface area (Å²) in [5.41, 5.74) is 0.817. The molecule has 0 aromatic heterocycles. The maximum absolute atomic E-state index is 13.0. The van der Waals surface area contributed by atoms with Crippen molar-refractivity contribution in [1.29, 1.82) is 0 Å². The Balaban J connectivity index is 2.85. The highest BCUT2D eigenvalue weighted by Gasteiger charge is 2.11. The maximum atomic E-state index is 13.0. The van der Waals surface area contributed by atoms with Crippen molar-refractivity contribution in [3.05, 3.63) is 35.4 Å². The van der Waals surface area contributed by atoms with E-state index in [2.05, 4.69) is 12.2 Å². The van der Waals surface area contributed by atoms with Gasteiger partial charge in [0, 0.05) is 6.04 Å². The molecular formula is C12H17F2N. The van der Waals surface area contributed by atoms with Crippen LogP contribution >= 0.6 is 0 Å². The smallest absolute Gasteiger partial charge is 0.159 e. The van der Waals surface area contributed by atoms with Gasteiger partial charge in [0.05, 0.1) is 0 Å². The lowest BCUT2D eigenvalue weighted by Crippen LogP contribution is -2.20. The second kappa shape index (κ2) is 5.81. The zero-order chi connectivity index (χ0) is 11.3. The first kappa shape index (κ1) is 12.1. The second-order valence-corrected chi connectivity index (χ2v) is 3.57. The zero-order valence-electron chi connectivity index (χ0n) is 9.19. The molecule has 1 nitrogen and oxygen atoms in total.